The van der Waals surface area contributed by atoms with E-state index in [1.807, 2.05) is 18.3 Å². The van der Waals surface area contributed by atoms with Crippen molar-refractivity contribution in [1.82, 2.24) is 15.4 Å². The summed E-state index contributed by atoms with van der Waals surface area (Å²) in [7, 11) is 0. The van der Waals surface area contributed by atoms with Crippen LogP contribution in [0.25, 0.3) is 0 Å². The Morgan fingerprint density at radius 1 is 1.05 bits per heavy atom. The van der Waals surface area contributed by atoms with Gasteiger partial charge in [0.2, 0.25) is 0 Å². The Labute approximate surface area is 139 Å². The SMILES string of the molecule is CCNN1CCN(c2ccccn2)CC1.Cl.Cl.Cl.Cl. The van der Waals surface area contributed by atoms with Crippen molar-refractivity contribution in [2.75, 3.05) is 37.6 Å². The number of aromatic nitrogens is 1. The maximum atomic E-state index is 4.36. The van der Waals surface area contributed by atoms with Gasteiger partial charge in [0.1, 0.15) is 5.82 Å². The van der Waals surface area contributed by atoms with Crippen molar-refractivity contribution < 1.29 is 0 Å². The van der Waals surface area contributed by atoms with E-state index in [4.69, 9.17) is 0 Å². The van der Waals surface area contributed by atoms with E-state index in [0.29, 0.717) is 0 Å². The van der Waals surface area contributed by atoms with Crippen molar-refractivity contribution in [2.45, 2.75) is 6.92 Å². The van der Waals surface area contributed by atoms with Crippen LogP contribution in [-0.4, -0.2) is 42.7 Å². The van der Waals surface area contributed by atoms with E-state index in [1.54, 1.807) is 0 Å². The van der Waals surface area contributed by atoms with Gasteiger partial charge in [0.05, 0.1) is 0 Å². The molecule has 2 heterocycles. The lowest BCUT2D eigenvalue weighted by atomic mass is 10.3. The molecule has 8 heteroatoms. The van der Waals surface area contributed by atoms with Gasteiger partial charge in [0, 0.05) is 38.9 Å². The topological polar surface area (TPSA) is 31.4 Å². The highest BCUT2D eigenvalue weighted by molar-refractivity contribution is 5.86. The monoisotopic (exact) mass is 350 g/mol. The predicted octanol–water partition coefficient (Wildman–Crippen LogP) is 2.42. The molecule has 0 spiro atoms. The first-order valence-electron chi connectivity index (χ1n) is 5.54. The smallest absolute Gasteiger partial charge is 0.128 e. The van der Waals surface area contributed by atoms with Gasteiger partial charge in [-0.1, -0.05) is 13.0 Å². The summed E-state index contributed by atoms with van der Waals surface area (Å²) < 4.78 is 0. The molecule has 1 aromatic rings. The minimum absolute atomic E-state index is 0. The number of hydrazine groups is 1. The number of piperazine rings is 1. The van der Waals surface area contributed by atoms with Gasteiger partial charge in [-0.05, 0) is 12.1 Å². The van der Waals surface area contributed by atoms with E-state index >= 15 is 0 Å². The van der Waals surface area contributed by atoms with Crippen molar-refractivity contribution in [2.24, 2.45) is 0 Å². The lowest BCUT2D eigenvalue weighted by Gasteiger charge is -2.35. The Bertz CT molecular complexity index is 294. The van der Waals surface area contributed by atoms with Crippen LogP contribution in [0.4, 0.5) is 5.82 Å². The van der Waals surface area contributed by atoms with Gasteiger partial charge in [-0.25, -0.2) is 9.99 Å². The highest BCUT2D eigenvalue weighted by Gasteiger charge is 2.16. The lowest BCUT2D eigenvalue weighted by molar-refractivity contribution is 0.181. The van der Waals surface area contributed by atoms with E-state index in [0.717, 1.165) is 38.5 Å². The molecule has 1 aromatic heterocycles. The number of nitrogens with one attached hydrogen (secondary N) is 1. The van der Waals surface area contributed by atoms with Gasteiger partial charge in [-0.3, -0.25) is 5.43 Å². The number of hydrogen-bond acceptors (Lipinski definition) is 4. The molecule has 114 valence electrons. The zero-order chi connectivity index (χ0) is 10.5. The minimum Gasteiger partial charge on any atom is -0.354 e. The third-order valence-electron chi connectivity index (χ3n) is 2.63. The van der Waals surface area contributed by atoms with E-state index in [1.165, 1.54) is 0 Å². The van der Waals surface area contributed by atoms with Gasteiger partial charge < -0.3 is 4.90 Å². The molecule has 1 aliphatic heterocycles. The second-order valence-corrected chi connectivity index (χ2v) is 3.67. The Hall–Kier alpha value is 0.0300. The first-order valence-corrected chi connectivity index (χ1v) is 5.54. The van der Waals surface area contributed by atoms with E-state index in [-0.39, 0.29) is 49.6 Å². The second kappa shape index (κ2) is 13.0. The highest BCUT2D eigenvalue weighted by Crippen LogP contribution is 2.11. The molecule has 0 saturated carbocycles. The summed E-state index contributed by atoms with van der Waals surface area (Å²) in [6.07, 6.45) is 1.85. The summed E-state index contributed by atoms with van der Waals surface area (Å²) in [6.45, 7) is 7.34. The molecule has 0 aliphatic carbocycles. The quantitative estimate of drug-likeness (QED) is 0.906. The average molecular weight is 352 g/mol. The average Bonchev–Trinajstić information content (AvgIpc) is 2.32. The molecule has 0 bridgehead atoms. The van der Waals surface area contributed by atoms with E-state index in [2.05, 4.69) is 33.3 Å². The largest absolute Gasteiger partial charge is 0.354 e. The van der Waals surface area contributed by atoms with Gasteiger partial charge in [0.25, 0.3) is 0 Å². The highest BCUT2D eigenvalue weighted by atomic mass is 35.5. The van der Waals surface area contributed by atoms with Gasteiger partial charge in [-0.2, -0.15) is 0 Å². The lowest BCUT2D eigenvalue weighted by Crippen LogP contribution is -2.52. The van der Waals surface area contributed by atoms with Crippen molar-refractivity contribution in [3.63, 3.8) is 0 Å². The van der Waals surface area contributed by atoms with Crippen LogP contribution < -0.4 is 10.3 Å². The molecule has 1 fully saturated rings. The van der Waals surface area contributed by atoms with E-state index < -0.39 is 0 Å². The van der Waals surface area contributed by atoms with Crippen LogP contribution in [0.5, 0.6) is 0 Å². The molecular weight excluding hydrogens is 330 g/mol. The van der Waals surface area contributed by atoms with Gasteiger partial charge in [0.15, 0.2) is 0 Å². The normalized spacial score (nSPS) is 14.3. The van der Waals surface area contributed by atoms with E-state index in [9.17, 15) is 0 Å². The summed E-state index contributed by atoms with van der Waals surface area (Å²) in [5, 5.41) is 2.28. The number of anilines is 1. The van der Waals surface area contributed by atoms with Crippen LogP contribution in [0.15, 0.2) is 24.4 Å². The molecule has 1 aliphatic rings. The number of halogens is 4. The van der Waals surface area contributed by atoms with Crippen molar-refractivity contribution in [3.05, 3.63) is 24.4 Å². The maximum Gasteiger partial charge on any atom is 0.128 e. The van der Waals surface area contributed by atoms with Crippen molar-refractivity contribution in [1.29, 1.82) is 0 Å². The maximum absolute atomic E-state index is 4.36. The summed E-state index contributed by atoms with van der Waals surface area (Å²) in [4.78, 5) is 6.69. The van der Waals surface area contributed by atoms with Crippen LogP contribution in [0.2, 0.25) is 0 Å². The molecule has 4 nitrogen and oxygen atoms in total. The first kappa shape index (κ1) is 24.1. The summed E-state index contributed by atoms with van der Waals surface area (Å²) in [5.74, 6) is 1.09. The molecule has 0 amide bonds. The Balaban J connectivity index is -0.000000640. The Morgan fingerprint density at radius 2 is 1.68 bits per heavy atom. The zero-order valence-corrected chi connectivity index (χ0v) is 14.1. The minimum atomic E-state index is 0. The van der Waals surface area contributed by atoms with Crippen molar-refractivity contribution in [3.8, 4) is 0 Å². The van der Waals surface area contributed by atoms with Gasteiger partial charge in [-0.15, -0.1) is 49.6 Å². The zero-order valence-electron chi connectivity index (χ0n) is 10.8. The standard InChI is InChI=1S/C11H18N4.4ClH/c1-2-13-15-9-7-14(8-10-15)11-5-3-4-6-12-11;;;;/h3-6,13H,2,7-10H2,1H3;4*1H. The fourth-order valence-corrected chi connectivity index (χ4v) is 1.86. The predicted molar refractivity (Wildman–Crippen MR) is 90.7 cm³/mol. The first-order chi connectivity index (χ1) is 7.40. The fourth-order valence-electron chi connectivity index (χ4n) is 1.86. The van der Waals surface area contributed by atoms with Crippen LogP contribution in [0, 0.1) is 0 Å². The summed E-state index contributed by atoms with van der Waals surface area (Å²) in [6, 6.07) is 6.07. The van der Waals surface area contributed by atoms with Crippen molar-refractivity contribution >= 4 is 55.4 Å². The number of rotatable bonds is 3. The third kappa shape index (κ3) is 7.40. The molecule has 0 atom stereocenters. The fraction of sp³-hybridized carbons (Fsp3) is 0.545. The molecule has 0 unspecified atom stereocenters. The number of nitrogens with zero attached hydrogens (tertiary/aromatic N) is 3. The molecule has 1 N–H and O–H groups in total. The Morgan fingerprint density at radius 3 is 2.16 bits per heavy atom. The number of hydrogen-bond donors (Lipinski definition) is 1. The summed E-state index contributed by atoms with van der Waals surface area (Å²) in [5.41, 5.74) is 3.34. The second-order valence-electron chi connectivity index (χ2n) is 3.67. The Kier molecular flexibility index (Phi) is 16.5. The van der Waals surface area contributed by atoms with Crippen LogP contribution >= 0.6 is 49.6 Å². The third-order valence-corrected chi connectivity index (χ3v) is 2.63. The molecule has 19 heavy (non-hydrogen) atoms. The molecular formula is C11H22Cl4N4. The molecule has 1 saturated heterocycles. The molecule has 0 radical (unpaired) electrons. The van der Waals surface area contributed by atoms with Crippen LogP contribution in [0.1, 0.15) is 6.92 Å². The number of pyridine rings is 1. The summed E-state index contributed by atoms with van der Waals surface area (Å²) >= 11 is 0. The molecule has 0 aromatic carbocycles. The van der Waals surface area contributed by atoms with Gasteiger partial charge >= 0.3 is 0 Å². The van der Waals surface area contributed by atoms with Crippen LogP contribution in [0.3, 0.4) is 0 Å². The molecule has 2 rings (SSSR count). The van der Waals surface area contributed by atoms with Crippen LogP contribution in [-0.2, 0) is 0 Å².